The van der Waals surface area contributed by atoms with Gasteiger partial charge in [0.15, 0.2) is 0 Å². The summed E-state index contributed by atoms with van der Waals surface area (Å²) in [7, 11) is 0. The van der Waals surface area contributed by atoms with Gasteiger partial charge in [-0.1, -0.05) is 52.9 Å². The van der Waals surface area contributed by atoms with Crippen LogP contribution in [0.25, 0.3) is 0 Å². The van der Waals surface area contributed by atoms with Crippen LogP contribution in [0.5, 0.6) is 0 Å². The summed E-state index contributed by atoms with van der Waals surface area (Å²) in [5, 5.41) is 0. The van der Waals surface area contributed by atoms with Crippen LogP contribution in [0.2, 0.25) is 0 Å². The van der Waals surface area contributed by atoms with Crippen LogP contribution in [0.4, 0.5) is 4.39 Å². The predicted molar refractivity (Wildman–Crippen MR) is 64.7 cm³/mol. The monoisotopic (exact) mass is 214 g/mol. The minimum atomic E-state index is -0.0973. The molecule has 0 heterocycles. The second-order valence-corrected chi connectivity index (χ2v) is 5.35. The maximum atomic E-state index is 13.2. The Hall–Kier alpha value is -0.0700. The van der Waals surface area contributed by atoms with Crippen molar-refractivity contribution in [1.82, 2.24) is 0 Å². The minimum absolute atomic E-state index is 0.0973. The smallest absolute Gasteiger partial charge is 0.0927 e. The molecule has 4 atom stereocenters. The highest BCUT2D eigenvalue weighted by molar-refractivity contribution is 4.84. The number of halogens is 1. The molecule has 0 bridgehead atoms. The Labute approximate surface area is 94.6 Å². The Bertz CT molecular complexity index is 167. The van der Waals surface area contributed by atoms with Gasteiger partial charge in [-0.3, -0.25) is 4.39 Å². The molecule has 4 unspecified atom stereocenters. The molecule has 1 aliphatic carbocycles. The van der Waals surface area contributed by atoms with E-state index < -0.39 is 0 Å². The van der Waals surface area contributed by atoms with E-state index in [1.807, 2.05) is 0 Å². The first kappa shape index (κ1) is 13.0. The molecule has 0 N–H and O–H groups in total. The van der Waals surface area contributed by atoms with Crippen molar-refractivity contribution in [2.24, 2.45) is 23.7 Å². The molecular formula is C14H27F. The lowest BCUT2D eigenvalue weighted by molar-refractivity contribution is 0.146. The first-order valence-corrected chi connectivity index (χ1v) is 6.80. The van der Waals surface area contributed by atoms with Crippen molar-refractivity contribution in [2.75, 3.05) is 6.67 Å². The SMILES string of the molecule is CCCC1CCCC1C(CF)C(C)CC. The zero-order chi connectivity index (χ0) is 11.3. The van der Waals surface area contributed by atoms with Gasteiger partial charge in [0.2, 0.25) is 0 Å². The van der Waals surface area contributed by atoms with E-state index in [9.17, 15) is 4.39 Å². The van der Waals surface area contributed by atoms with Gasteiger partial charge in [-0.2, -0.15) is 0 Å². The van der Waals surface area contributed by atoms with E-state index in [-0.39, 0.29) is 6.67 Å². The summed E-state index contributed by atoms with van der Waals surface area (Å²) in [6, 6.07) is 0. The standard InChI is InChI=1S/C14H27F/c1-4-7-12-8-6-9-13(12)14(10-15)11(3)5-2/h11-14H,4-10H2,1-3H3. The highest BCUT2D eigenvalue weighted by Gasteiger charge is 2.35. The molecule has 0 aromatic heterocycles. The molecule has 90 valence electrons. The fourth-order valence-electron chi connectivity index (χ4n) is 3.35. The van der Waals surface area contributed by atoms with Gasteiger partial charge >= 0.3 is 0 Å². The normalized spacial score (nSPS) is 30.4. The first-order valence-electron chi connectivity index (χ1n) is 6.80. The Balaban J connectivity index is 2.57. The molecule has 0 saturated heterocycles. The molecule has 0 spiro atoms. The van der Waals surface area contributed by atoms with Crippen LogP contribution in [-0.2, 0) is 0 Å². The van der Waals surface area contributed by atoms with Gasteiger partial charge in [0.1, 0.15) is 0 Å². The van der Waals surface area contributed by atoms with Crippen molar-refractivity contribution in [3.63, 3.8) is 0 Å². The lowest BCUT2D eigenvalue weighted by Gasteiger charge is -2.30. The number of hydrogen-bond acceptors (Lipinski definition) is 0. The van der Waals surface area contributed by atoms with Crippen molar-refractivity contribution in [1.29, 1.82) is 0 Å². The number of alkyl halides is 1. The van der Waals surface area contributed by atoms with Gasteiger partial charge in [0.25, 0.3) is 0 Å². The molecule has 15 heavy (non-hydrogen) atoms. The molecule has 0 aromatic rings. The summed E-state index contributed by atoms with van der Waals surface area (Å²) in [6.07, 6.45) is 7.68. The van der Waals surface area contributed by atoms with E-state index in [0.717, 1.165) is 12.3 Å². The van der Waals surface area contributed by atoms with Crippen molar-refractivity contribution in [3.05, 3.63) is 0 Å². The third-order valence-electron chi connectivity index (χ3n) is 4.48. The van der Waals surface area contributed by atoms with Crippen LogP contribution >= 0.6 is 0 Å². The van der Waals surface area contributed by atoms with E-state index in [1.165, 1.54) is 32.1 Å². The van der Waals surface area contributed by atoms with Crippen molar-refractivity contribution in [2.45, 2.75) is 59.3 Å². The van der Waals surface area contributed by atoms with Gasteiger partial charge in [-0.15, -0.1) is 0 Å². The molecule has 1 aliphatic rings. The molecule has 0 aliphatic heterocycles. The molecule has 1 heteroatoms. The average molecular weight is 214 g/mol. The highest BCUT2D eigenvalue weighted by Crippen LogP contribution is 2.42. The molecule has 1 rings (SSSR count). The van der Waals surface area contributed by atoms with Gasteiger partial charge in [-0.05, 0) is 30.1 Å². The van der Waals surface area contributed by atoms with Gasteiger partial charge in [0, 0.05) is 0 Å². The molecule has 0 nitrogen and oxygen atoms in total. The van der Waals surface area contributed by atoms with E-state index in [2.05, 4.69) is 20.8 Å². The Kier molecular flexibility index (Phi) is 5.63. The molecule has 0 aromatic carbocycles. The van der Waals surface area contributed by atoms with E-state index in [4.69, 9.17) is 0 Å². The second-order valence-electron chi connectivity index (χ2n) is 5.35. The summed E-state index contributed by atoms with van der Waals surface area (Å²) in [4.78, 5) is 0. The minimum Gasteiger partial charge on any atom is -0.251 e. The molecular weight excluding hydrogens is 187 g/mol. The van der Waals surface area contributed by atoms with Crippen LogP contribution in [0, 0.1) is 23.7 Å². The summed E-state index contributed by atoms with van der Waals surface area (Å²) in [5.41, 5.74) is 0. The van der Waals surface area contributed by atoms with E-state index >= 15 is 0 Å². The number of hydrogen-bond donors (Lipinski definition) is 0. The quantitative estimate of drug-likeness (QED) is 0.594. The van der Waals surface area contributed by atoms with Crippen LogP contribution in [0.3, 0.4) is 0 Å². The lowest BCUT2D eigenvalue weighted by atomic mass is 9.75. The molecule has 0 radical (unpaired) electrons. The van der Waals surface area contributed by atoms with Crippen molar-refractivity contribution in [3.8, 4) is 0 Å². The fourth-order valence-corrected chi connectivity index (χ4v) is 3.35. The molecule has 0 amide bonds. The fraction of sp³-hybridized carbons (Fsp3) is 1.00. The Morgan fingerprint density at radius 1 is 1.27 bits per heavy atom. The summed E-state index contributed by atoms with van der Waals surface area (Å²) in [6.45, 7) is 6.58. The summed E-state index contributed by atoms with van der Waals surface area (Å²) in [5.74, 6) is 2.42. The Morgan fingerprint density at radius 3 is 2.53 bits per heavy atom. The topological polar surface area (TPSA) is 0 Å². The maximum absolute atomic E-state index is 13.2. The third kappa shape index (κ3) is 3.19. The Morgan fingerprint density at radius 2 is 2.00 bits per heavy atom. The van der Waals surface area contributed by atoms with Crippen LogP contribution in [0.15, 0.2) is 0 Å². The van der Waals surface area contributed by atoms with Crippen LogP contribution in [0.1, 0.15) is 59.3 Å². The van der Waals surface area contributed by atoms with Crippen LogP contribution in [-0.4, -0.2) is 6.67 Å². The number of rotatable bonds is 6. The van der Waals surface area contributed by atoms with Gasteiger partial charge < -0.3 is 0 Å². The largest absolute Gasteiger partial charge is 0.251 e. The van der Waals surface area contributed by atoms with Gasteiger partial charge in [-0.25, -0.2) is 0 Å². The zero-order valence-corrected chi connectivity index (χ0v) is 10.6. The average Bonchev–Trinajstić information content (AvgIpc) is 2.68. The zero-order valence-electron chi connectivity index (χ0n) is 10.6. The van der Waals surface area contributed by atoms with Crippen molar-refractivity contribution < 1.29 is 4.39 Å². The second kappa shape index (κ2) is 6.50. The van der Waals surface area contributed by atoms with E-state index in [0.29, 0.717) is 17.8 Å². The maximum Gasteiger partial charge on any atom is 0.0927 e. The summed E-state index contributed by atoms with van der Waals surface area (Å²) >= 11 is 0. The third-order valence-corrected chi connectivity index (χ3v) is 4.48. The van der Waals surface area contributed by atoms with E-state index in [1.54, 1.807) is 0 Å². The summed E-state index contributed by atoms with van der Waals surface area (Å²) < 4.78 is 13.2. The van der Waals surface area contributed by atoms with Crippen LogP contribution < -0.4 is 0 Å². The first-order chi connectivity index (χ1) is 7.24. The van der Waals surface area contributed by atoms with Crippen molar-refractivity contribution >= 4 is 0 Å². The predicted octanol–water partition coefficient (Wildman–Crippen LogP) is 4.83. The molecule has 1 saturated carbocycles. The highest BCUT2D eigenvalue weighted by atomic mass is 19.1. The molecule has 1 fully saturated rings. The van der Waals surface area contributed by atoms with Gasteiger partial charge in [0.05, 0.1) is 6.67 Å². The lowest BCUT2D eigenvalue weighted by Crippen LogP contribution is -2.26.